The molecule has 0 fully saturated rings. The number of hydrogen-bond donors (Lipinski definition) is 3. The topological polar surface area (TPSA) is 77.8 Å². The van der Waals surface area contributed by atoms with E-state index in [4.69, 9.17) is 15.3 Å². The summed E-state index contributed by atoms with van der Waals surface area (Å²) in [5.74, 6) is -4.23. The van der Waals surface area contributed by atoms with Gasteiger partial charge in [-0.1, -0.05) is 0 Å². The fraction of sp³-hybridized carbons (Fsp3) is 0.667. The Hall–Kier alpha value is -0.0905. The first kappa shape index (κ1) is 10.8. The maximum atomic E-state index is 9.52. The van der Waals surface area contributed by atoms with Gasteiger partial charge in [0.15, 0.2) is 0 Å². The van der Waals surface area contributed by atoms with E-state index in [-0.39, 0.29) is 17.1 Å². The van der Waals surface area contributed by atoms with Gasteiger partial charge >= 0.3 is 5.97 Å². The second kappa shape index (κ2) is 3.04. The average Bonchev–Trinajstić information content (AvgIpc) is 1.31. The first-order valence-electron chi connectivity index (χ1n) is 1.62. The molecule has 0 aromatic rings. The summed E-state index contributed by atoms with van der Waals surface area (Å²) in [6.07, 6.45) is 0. The predicted molar refractivity (Wildman–Crippen MR) is 20.5 cm³/mol. The zero-order valence-corrected chi connectivity index (χ0v) is 5.21. The van der Waals surface area contributed by atoms with Crippen LogP contribution in [-0.4, -0.2) is 27.1 Å². The van der Waals surface area contributed by atoms with Crippen LogP contribution in [0.4, 0.5) is 0 Å². The molecule has 0 atom stereocenters. The Kier molecular flexibility index (Phi) is 4.11. The minimum Gasteiger partial charge on any atom is -0.477 e. The molecule has 0 aliphatic rings. The van der Waals surface area contributed by atoms with Crippen LogP contribution in [0.5, 0.6) is 0 Å². The molecule has 0 aromatic heterocycles. The van der Waals surface area contributed by atoms with E-state index in [1.807, 2.05) is 0 Å². The summed E-state index contributed by atoms with van der Waals surface area (Å²) in [4.78, 5) is 9.52. The maximum absolute atomic E-state index is 9.52. The first-order valence-corrected chi connectivity index (χ1v) is 1.62. The summed E-state index contributed by atoms with van der Waals surface area (Å²) in [6.45, 7) is 0.773. The number of carboxylic acid groups (broad SMARTS) is 1. The van der Waals surface area contributed by atoms with Crippen LogP contribution >= 0.6 is 0 Å². The molecule has 0 aliphatic heterocycles. The summed E-state index contributed by atoms with van der Waals surface area (Å²) in [6, 6.07) is 0. The van der Waals surface area contributed by atoms with Crippen molar-refractivity contribution in [3.05, 3.63) is 0 Å². The van der Waals surface area contributed by atoms with Crippen molar-refractivity contribution in [2.24, 2.45) is 0 Å². The van der Waals surface area contributed by atoms with Gasteiger partial charge in [0.05, 0.1) is 0 Å². The molecule has 0 heterocycles. The second-order valence-electron chi connectivity index (χ2n) is 1.33. The Labute approximate surface area is 56.6 Å². The molecule has 8 heavy (non-hydrogen) atoms. The maximum Gasteiger partial charge on any atom is 0.363 e. The largest absolute Gasteiger partial charge is 0.477 e. The van der Waals surface area contributed by atoms with Crippen LogP contribution in [0.1, 0.15) is 6.92 Å². The normalized spacial score (nSPS) is 9.88. The molecule has 0 amide bonds. The van der Waals surface area contributed by atoms with E-state index in [0.29, 0.717) is 0 Å². The van der Waals surface area contributed by atoms with Crippen LogP contribution in [-0.2, 0) is 21.9 Å². The van der Waals surface area contributed by atoms with Gasteiger partial charge in [-0.25, -0.2) is 4.79 Å². The molecule has 0 unspecified atom stereocenters. The number of hydrogen-bond acceptors (Lipinski definition) is 3. The van der Waals surface area contributed by atoms with Crippen LogP contribution < -0.4 is 0 Å². The standard InChI is InChI=1S/C3H6O4.Fe/c1-3(6,7)2(4)5;/h6-7H,1H3,(H,4,5);. The number of aliphatic carboxylic acids is 1. The Morgan fingerprint density at radius 1 is 1.50 bits per heavy atom. The number of aliphatic hydroxyl groups is 2. The van der Waals surface area contributed by atoms with Gasteiger partial charge in [0, 0.05) is 24.0 Å². The van der Waals surface area contributed by atoms with Crippen molar-refractivity contribution in [3.8, 4) is 0 Å². The van der Waals surface area contributed by atoms with Crippen molar-refractivity contribution in [2.45, 2.75) is 12.7 Å². The Balaban J connectivity index is 0. The molecular formula is C3H6FeO4. The van der Waals surface area contributed by atoms with E-state index in [9.17, 15) is 4.79 Å². The first-order chi connectivity index (χ1) is 2.94. The molecule has 0 aliphatic carbocycles. The second-order valence-corrected chi connectivity index (χ2v) is 1.33. The average molecular weight is 162 g/mol. The Morgan fingerprint density at radius 2 is 1.62 bits per heavy atom. The SMILES string of the molecule is CC(O)(O)C(=O)O.[Fe]. The minimum absolute atomic E-state index is 0. The van der Waals surface area contributed by atoms with Crippen LogP contribution in [0.3, 0.4) is 0 Å². The fourth-order valence-electron chi connectivity index (χ4n) is 0. The van der Waals surface area contributed by atoms with Gasteiger partial charge < -0.3 is 15.3 Å². The van der Waals surface area contributed by atoms with Gasteiger partial charge in [-0.2, -0.15) is 0 Å². The van der Waals surface area contributed by atoms with Crippen LogP contribution in [0.2, 0.25) is 0 Å². The van der Waals surface area contributed by atoms with Gasteiger partial charge in [0.2, 0.25) is 0 Å². The van der Waals surface area contributed by atoms with Crippen molar-refractivity contribution in [2.75, 3.05) is 0 Å². The predicted octanol–water partition coefficient (Wildman–Crippen LogP) is -1.23. The summed E-state index contributed by atoms with van der Waals surface area (Å²) < 4.78 is 0. The number of carboxylic acids is 1. The zero-order valence-electron chi connectivity index (χ0n) is 4.10. The molecule has 5 heteroatoms. The summed E-state index contributed by atoms with van der Waals surface area (Å²) in [5, 5.41) is 23.9. The number of carbonyl (C=O) groups is 1. The number of rotatable bonds is 1. The van der Waals surface area contributed by atoms with Gasteiger partial charge in [-0.15, -0.1) is 0 Å². The fourth-order valence-corrected chi connectivity index (χ4v) is 0. The van der Waals surface area contributed by atoms with Gasteiger partial charge in [0.1, 0.15) is 0 Å². The molecular weight excluding hydrogens is 156 g/mol. The molecule has 50 valence electrons. The van der Waals surface area contributed by atoms with Gasteiger partial charge in [0.25, 0.3) is 5.79 Å². The van der Waals surface area contributed by atoms with Crippen molar-refractivity contribution in [1.82, 2.24) is 0 Å². The molecule has 4 nitrogen and oxygen atoms in total. The summed E-state index contributed by atoms with van der Waals surface area (Å²) in [5.41, 5.74) is 0. The third-order valence-electron chi connectivity index (χ3n) is 0.405. The molecule has 0 spiro atoms. The molecule has 0 aromatic carbocycles. The van der Waals surface area contributed by atoms with Gasteiger partial charge in [-0.05, 0) is 0 Å². The Morgan fingerprint density at radius 3 is 1.62 bits per heavy atom. The van der Waals surface area contributed by atoms with Crippen LogP contribution in [0.25, 0.3) is 0 Å². The molecule has 0 bridgehead atoms. The van der Waals surface area contributed by atoms with E-state index in [2.05, 4.69) is 0 Å². The molecule has 0 radical (unpaired) electrons. The van der Waals surface area contributed by atoms with Crippen molar-refractivity contribution in [3.63, 3.8) is 0 Å². The molecule has 3 N–H and O–H groups in total. The summed E-state index contributed by atoms with van der Waals surface area (Å²) >= 11 is 0. The van der Waals surface area contributed by atoms with E-state index in [1.165, 1.54) is 0 Å². The Bertz CT molecular complexity index is 83.8. The smallest absolute Gasteiger partial charge is 0.363 e. The molecule has 0 saturated carbocycles. The quantitative estimate of drug-likeness (QED) is 0.333. The van der Waals surface area contributed by atoms with Crippen LogP contribution in [0, 0.1) is 0 Å². The molecule has 0 saturated heterocycles. The third-order valence-corrected chi connectivity index (χ3v) is 0.405. The van der Waals surface area contributed by atoms with Crippen molar-refractivity contribution < 1.29 is 37.2 Å². The van der Waals surface area contributed by atoms with E-state index in [0.717, 1.165) is 6.92 Å². The third kappa shape index (κ3) is 4.08. The van der Waals surface area contributed by atoms with E-state index >= 15 is 0 Å². The minimum atomic E-state index is -2.58. The van der Waals surface area contributed by atoms with Crippen molar-refractivity contribution >= 4 is 5.97 Å². The molecule has 0 rings (SSSR count). The monoisotopic (exact) mass is 162 g/mol. The van der Waals surface area contributed by atoms with E-state index < -0.39 is 11.8 Å². The van der Waals surface area contributed by atoms with Crippen molar-refractivity contribution in [1.29, 1.82) is 0 Å². The van der Waals surface area contributed by atoms with Crippen LogP contribution in [0.15, 0.2) is 0 Å². The van der Waals surface area contributed by atoms with Gasteiger partial charge in [-0.3, -0.25) is 0 Å². The summed E-state index contributed by atoms with van der Waals surface area (Å²) in [7, 11) is 0. The zero-order chi connectivity index (χ0) is 6.08. The van der Waals surface area contributed by atoms with E-state index in [1.54, 1.807) is 0 Å².